The molecule has 0 bridgehead atoms. The van der Waals surface area contributed by atoms with Crippen LogP contribution < -0.4 is 11.1 Å². The number of aliphatic hydroxyl groups excluding tert-OH is 1. The van der Waals surface area contributed by atoms with Crippen LogP contribution in [-0.4, -0.2) is 24.2 Å². The lowest BCUT2D eigenvalue weighted by Crippen LogP contribution is -2.11. The number of benzene rings is 1. The molecule has 0 aliphatic heterocycles. The summed E-state index contributed by atoms with van der Waals surface area (Å²) in [6.07, 6.45) is 2.84. The number of rotatable bonds is 7. The fourth-order valence-corrected chi connectivity index (χ4v) is 1.43. The maximum absolute atomic E-state index is 10.9. The standard InChI is InChI=1S/C12H18N2O2/c13-12(16)10-5-4-6-11(9-10)14-7-2-1-3-8-15/h4-6,9,14-15H,1-3,7-8H2,(H2,13,16). The SMILES string of the molecule is NC(=O)c1cccc(NCCCCCO)c1. The molecule has 0 spiro atoms. The number of hydrogen-bond donors (Lipinski definition) is 3. The van der Waals surface area contributed by atoms with Gasteiger partial charge in [0.25, 0.3) is 0 Å². The molecular formula is C12H18N2O2. The molecule has 4 N–H and O–H groups in total. The summed E-state index contributed by atoms with van der Waals surface area (Å²) in [5, 5.41) is 11.8. The molecule has 1 aromatic carbocycles. The first-order valence-corrected chi connectivity index (χ1v) is 5.48. The minimum Gasteiger partial charge on any atom is -0.396 e. The van der Waals surface area contributed by atoms with Crippen LogP contribution >= 0.6 is 0 Å². The highest BCUT2D eigenvalue weighted by Crippen LogP contribution is 2.10. The minimum atomic E-state index is -0.413. The van der Waals surface area contributed by atoms with Crippen molar-refractivity contribution in [3.05, 3.63) is 29.8 Å². The van der Waals surface area contributed by atoms with Gasteiger partial charge in [0.1, 0.15) is 0 Å². The summed E-state index contributed by atoms with van der Waals surface area (Å²) in [7, 11) is 0. The van der Waals surface area contributed by atoms with Gasteiger partial charge in [0.15, 0.2) is 0 Å². The van der Waals surface area contributed by atoms with E-state index in [2.05, 4.69) is 5.32 Å². The average Bonchev–Trinajstić information content (AvgIpc) is 2.29. The number of primary amides is 1. The Bertz CT molecular complexity index is 340. The largest absolute Gasteiger partial charge is 0.396 e. The summed E-state index contributed by atoms with van der Waals surface area (Å²) in [5.74, 6) is -0.413. The van der Waals surface area contributed by atoms with Gasteiger partial charge < -0.3 is 16.2 Å². The van der Waals surface area contributed by atoms with Crippen LogP contribution in [0.2, 0.25) is 0 Å². The van der Waals surface area contributed by atoms with Crippen molar-refractivity contribution in [2.24, 2.45) is 5.73 Å². The van der Waals surface area contributed by atoms with Crippen molar-refractivity contribution in [2.45, 2.75) is 19.3 Å². The number of hydrogen-bond acceptors (Lipinski definition) is 3. The monoisotopic (exact) mass is 222 g/mol. The van der Waals surface area contributed by atoms with E-state index in [-0.39, 0.29) is 6.61 Å². The third kappa shape index (κ3) is 4.31. The maximum Gasteiger partial charge on any atom is 0.248 e. The normalized spacial score (nSPS) is 10.1. The zero-order chi connectivity index (χ0) is 11.8. The summed E-state index contributed by atoms with van der Waals surface area (Å²) < 4.78 is 0. The van der Waals surface area contributed by atoms with E-state index in [9.17, 15) is 4.79 Å². The maximum atomic E-state index is 10.9. The number of aliphatic hydroxyl groups is 1. The Morgan fingerprint density at radius 3 is 2.81 bits per heavy atom. The van der Waals surface area contributed by atoms with Crippen LogP contribution in [0.4, 0.5) is 5.69 Å². The predicted octanol–water partition coefficient (Wildman–Crippen LogP) is 1.36. The molecule has 4 heteroatoms. The number of carbonyl (C=O) groups excluding carboxylic acids is 1. The number of amides is 1. The molecule has 0 saturated heterocycles. The van der Waals surface area contributed by atoms with E-state index >= 15 is 0 Å². The Morgan fingerprint density at radius 1 is 1.31 bits per heavy atom. The molecule has 0 heterocycles. The van der Waals surface area contributed by atoms with Crippen LogP contribution in [0.1, 0.15) is 29.6 Å². The number of nitrogens with two attached hydrogens (primary N) is 1. The highest BCUT2D eigenvalue weighted by Gasteiger charge is 2.00. The zero-order valence-electron chi connectivity index (χ0n) is 9.28. The molecule has 0 atom stereocenters. The van der Waals surface area contributed by atoms with Crippen molar-refractivity contribution >= 4 is 11.6 Å². The second-order valence-corrected chi connectivity index (χ2v) is 3.66. The molecule has 0 aliphatic rings. The first-order valence-electron chi connectivity index (χ1n) is 5.48. The molecule has 4 nitrogen and oxygen atoms in total. The first kappa shape index (κ1) is 12.5. The Morgan fingerprint density at radius 2 is 2.12 bits per heavy atom. The van der Waals surface area contributed by atoms with E-state index in [1.54, 1.807) is 18.2 Å². The number of nitrogens with one attached hydrogen (secondary N) is 1. The van der Waals surface area contributed by atoms with Gasteiger partial charge >= 0.3 is 0 Å². The van der Waals surface area contributed by atoms with Crippen LogP contribution in [-0.2, 0) is 0 Å². The van der Waals surface area contributed by atoms with Crippen molar-refractivity contribution in [3.63, 3.8) is 0 Å². The highest BCUT2D eigenvalue weighted by atomic mass is 16.2. The fraction of sp³-hybridized carbons (Fsp3) is 0.417. The summed E-state index contributed by atoms with van der Waals surface area (Å²) >= 11 is 0. The summed E-state index contributed by atoms with van der Waals surface area (Å²) in [5.41, 5.74) is 6.60. The van der Waals surface area contributed by atoms with Gasteiger partial charge in [-0.15, -0.1) is 0 Å². The van der Waals surface area contributed by atoms with Gasteiger partial charge in [0.05, 0.1) is 0 Å². The third-order valence-corrected chi connectivity index (χ3v) is 2.31. The van der Waals surface area contributed by atoms with E-state index in [4.69, 9.17) is 10.8 Å². The van der Waals surface area contributed by atoms with Gasteiger partial charge in [0.2, 0.25) is 5.91 Å². The molecule has 0 unspecified atom stereocenters. The number of carbonyl (C=O) groups is 1. The molecule has 0 radical (unpaired) electrons. The topological polar surface area (TPSA) is 75.4 Å². The molecule has 0 aliphatic carbocycles. The van der Waals surface area contributed by atoms with E-state index in [0.29, 0.717) is 5.56 Å². The summed E-state index contributed by atoms with van der Waals surface area (Å²) in [6, 6.07) is 7.14. The second kappa shape index (κ2) is 6.85. The number of unbranched alkanes of at least 4 members (excludes halogenated alkanes) is 2. The van der Waals surface area contributed by atoms with Gasteiger partial charge in [0, 0.05) is 24.4 Å². The first-order chi connectivity index (χ1) is 7.74. The van der Waals surface area contributed by atoms with Crippen LogP contribution in [0.5, 0.6) is 0 Å². The van der Waals surface area contributed by atoms with Crippen molar-refractivity contribution in [1.29, 1.82) is 0 Å². The van der Waals surface area contributed by atoms with Gasteiger partial charge in [-0.05, 0) is 37.5 Å². The Hall–Kier alpha value is -1.55. The quantitative estimate of drug-likeness (QED) is 0.610. The van der Waals surface area contributed by atoms with E-state index in [1.165, 1.54) is 0 Å². The summed E-state index contributed by atoms with van der Waals surface area (Å²) in [4.78, 5) is 10.9. The zero-order valence-corrected chi connectivity index (χ0v) is 9.28. The average molecular weight is 222 g/mol. The van der Waals surface area contributed by atoms with Crippen molar-refractivity contribution in [1.82, 2.24) is 0 Å². The second-order valence-electron chi connectivity index (χ2n) is 3.66. The lowest BCUT2D eigenvalue weighted by atomic mass is 10.2. The predicted molar refractivity (Wildman–Crippen MR) is 64.4 cm³/mol. The molecule has 88 valence electrons. The molecule has 1 aromatic rings. The summed E-state index contributed by atoms with van der Waals surface area (Å²) in [6.45, 7) is 1.08. The molecular weight excluding hydrogens is 204 g/mol. The van der Waals surface area contributed by atoms with Crippen molar-refractivity contribution in [3.8, 4) is 0 Å². The van der Waals surface area contributed by atoms with Crippen molar-refractivity contribution in [2.75, 3.05) is 18.5 Å². The van der Waals surface area contributed by atoms with Gasteiger partial charge in [-0.25, -0.2) is 0 Å². The number of anilines is 1. The molecule has 16 heavy (non-hydrogen) atoms. The van der Waals surface area contributed by atoms with Crippen LogP contribution in [0.15, 0.2) is 24.3 Å². The Balaban J connectivity index is 2.36. The Kier molecular flexibility index (Phi) is 5.36. The molecule has 0 saturated carbocycles. The molecule has 1 amide bonds. The van der Waals surface area contributed by atoms with Crippen molar-refractivity contribution < 1.29 is 9.90 Å². The molecule has 1 rings (SSSR count). The van der Waals surface area contributed by atoms with Gasteiger partial charge in [-0.1, -0.05) is 6.07 Å². The van der Waals surface area contributed by atoms with Crippen LogP contribution in [0.25, 0.3) is 0 Å². The molecule has 0 fully saturated rings. The van der Waals surface area contributed by atoms with Gasteiger partial charge in [-0.2, -0.15) is 0 Å². The molecule has 0 aromatic heterocycles. The van der Waals surface area contributed by atoms with E-state index < -0.39 is 5.91 Å². The smallest absolute Gasteiger partial charge is 0.248 e. The van der Waals surface area contributed by atoms with Crippen LogP contribution in [0.3, 0.4) is 0 Å². The minimum absolute atomic E-state index is 0.247. The fourth-order valence-electron chi connectivity index (χ4n) is 1.43. The Labute approximate surface area is 95.5 Å². The lowest BCUT2D eigenvalue weighted by Gasteiger charge is -2.06. The third-order valence-electron chi connectivity index (χ3n) is 2.31. The van der Waals surface area contributed by atoms with Gasteiger partial charge in [-0.3, -0.25) is 4.79 Å². The van der Waals surface area contributed by atoms with E-state index in [1.807, 2.05) is 6.07 Å². The highest BCUT2D eigenvalue weighted by molar-refractivity contribution is 5.93. The van der Waals surface area contributed by atoms with E-state index in [0.717, 1.165) is 31.5 Å². The van der Waals surface area contributed by atoms with Crippen LogP contribution in [0, 0.1) is 0 Å². The lowest BCUT2D eigenvalue weighted by molar-refractivity contribution is 0.100.